The molecule has 7 heteroatoms. The molecule has 3 rings (SSSR count). The predicted molar refractivity (Wildman–Crippen MR) is 86.6 cm³/mol. The lowest BCUT2D eigenvalue weighted by molar-refractivity contribution is 0.253. The van der Waals surface area contributed by atoms with Gasteiger partial charge < -0.3 is 18.6 Å². The average Bonchev–Trinajstić information content (AvgIpc) is 3.29. The zero-order chi connectivity index (χ0) is 16.6. The van der Waals surface area contributed by atoms with Gasteiger partial charge in [0.25, 0.3) is 0 Å². The quantitative estimate of drug-likeness (QED) is 0.634. The first-order chi connectivity index (χ1) is 11.8. The number of hydrogen-bond donors (Lipinski definition) is 0. The van der Waals surface area contributed by atoms with Crippen LogP contribution in [0.3, 0.4) is 0 Å². The SMILES string of the molecule is N#Cc1ccc(OCCn2ccnc2)c(OCCn2ccnc2)c1. The second kappa shape index (κ2) is 7.83. The molecule has 0 fully saturated rings. The molecule has 0 aliphatic carbocycles. The molecule has 24 heavy (non-hydrogen) atoms. The number of aromatic nitrogens is 4. The fourth-order valence-corrected chi connectivity index (χ4v) is 2.17. The van der Waals surface area contributed by atoms with Crippen LogP contribution < -0.4 is 9.47 Å². The van der Waals surface area contributed by atoms with E-state index in [0.29, 0.717) is 43.4 Å². The maximum absolute atomic E-state index is 9.06. The molecule has 0 N–H and O–H groups in total. The van der Waals surface area contributed by atoms with Crippen molar-refractivity contribution in [2.75, 3.05) is 13.2 Å². The van der Waals surface area contributed by atoms with Crippen LogP contribution in [0.2, 0.25) is 0 Å². The monoisotopic (exact) mass is 323 g/mol. The Morgan fingerprint density at radius 1 is 0.917 bits per heavy atom. The van der Waals surface area contributed by atoms with E-state index in [1.807, 2.05) is 21.5 Å². The Balaban J connectivity index is 1.60. The molecule has 0 aliphatic rings. The number of nitriles is 1. The normalized spacial score (nSPS) is 10.3. The van der Waals surface area contributed by atoms with Crippen LogP contribution in [-0.2, 0) is 13.1 Å². The highest BCUT2D eigenvalue weighted by Gasteiger charge is 2.07. The minimum Gasteiger partial charge on any atom is -0.488 e. The minimum atomic E-state index is 0.461. The summed E-state index contributed by atoms with van der Waals surface area (Å²) in [4.78, 5) is 7.98. The van der Waals surface area contributed by atoms with E-state index in [-0.39, 0.29) is 0 Å². The third-order valence-electron chi connectivity index (χ3n) is 3.41. The summed E-state index contributed by atoms with van der Waals surface area (Å²) < 4.78 is 15.5. The molecule has 0 bridgehead atoms. The number of benzene rings is 1. The highest BCUT2D eigenvalue weighted by molar-refractivity contribution is 5.46. The van der Waals surface area contributed by atoms with Crippen molar-refractivity contribution in [2.45, 2.75) is 13.1 Å². The standard InChI is InChI=1S/C17H17N5O2/c18-12-15-1-2-16(23-9-7-21-5-3-19-13-21)17(11-15)24-10-8-22-6-4-20-14-22/h1-6,11,13-14H,7-10H2. The van der Waals surface area contributed by atoms with Crippen molar-refractivity contribution in [1.82, 2.24) is 19.1 Å². The lowest BCUT2D eigenvalue weighted by atomic mass is 10.2. The average molecular weight is 323 g/mol. The second-order valence-electron chi connectivity index (χ2n) is 5.07. The van der Waals surface area contributed by atoms with Crippen LogP contribution >= 0.6 is 0 Å². The number of imidazole rings is 2. The second-order valence-corrected chi connectivity index (χ2v) is 5.07. The van der Waals surface area contributed by atoms with Gasteiger partial charge in [-0.1, -0.05) is 0 Å². The van der Waals surface area contributed by atoms with Gasteiger partial charge in [0.2, 0.25) is 0 Å². The van der Waals surface area contributed by atoms with Crippen molar-refractivity contribution in [3.05, 3.63) is 61.2 Å². The van der Waals surface area contributed by atoms with Crippen molar-refractivity contribution in [2.24, 2.45) is 0 Å². The fourth-order valence-electron chi connectivity index (χ4n) is 2.17. The Labute approximate surface area is 139 Å². The summed E-state index contributed by atoms with van der Waals surface area (Å²) in [6.45, 7) is 2.31. The van der Waals surface area contributed by atoms with Gasteiger partial charge in [-0.3, -0.25) is 0 Å². The van der Waals surface area contributed by atoms with E-state index in [1.165, 1.54) is 0 Å². The van der Waals surface area contributed by atoms with Crippen molar-refractivity contribution in [3.8, 4) is 17.6 Å². The zero-order valence-corrected chi connectivity index (χ0v) is 13.1. The molecular formula is C17H17N5O2. The topological polar surface area (TPSA) is 77.9 Å². The van der Waals surface area contributed by atoms with Crippen LogP contribution in [0.4, 0.5) is 0 Å². The Morgan fingerprint density at radius 3 is 2.08 bits per heavy atom. The van der Waals surface area contributed by atoms with E-state index in [2.05, 4.69) is 16.0 Å². The van der Waals surface area contributed by atoms with E-state index in [9.17, 15) is 0 Å². The molecule has 0 saturated carbocycles. The van der Waals surface area contributed by atoms with Crippen LogP contribution in [0.15, 0.2) is 55.6 Å². The van der Waals surface area contributed by atoms with Crippen molar-refractivity contribution < 1.29 is 9.47 Å². The third kappa shape index (κ3) is 4.14. The van der Waals surface area contributed by atoms with Crippen molar-refractivity contribution in [3.63, 3.8) is 0 Å². The fraction of sp³-hybridized carbons (Fsp3) is 0.235. The molecule has 0 atom stereocenters. The maximum Gasteiger partial charge on any atom is 0.162 e. The molecule has 0 spiro atoms. The molecule has 2 aromatic heterocycles. The molecule has 0 unspecified atom stereocenters. The van der Waals surface area contributed by atoms with Crippen molar-refractivity contribution in [1.29, 1.82) is 5.26 Å². The van der Waals surface area contributed by atoms with Gasteiger partial charge >= 0.3 is 0 Å². The Morgan fingerprint density at radius 2 is 1.54 bits per heavy atom. The Kier molecular flexibility index (Phi) is 5.10. The zero-order valence-electron chi connectivity index (χ0n) is 13.1. The van der Waals surface area contributed by atoms with E-state index >= 15 is 0 Å². The van der Waals surface area contributed by atoms with Crippen molar-refractivity contribution >= 4 is 0 Å². The van der Waals surface area contributed by atoms with Gasteiger partial charge in [0, 0.05) is 30.9 Å². The summed E-state index contributed by atoms with van der Waals surface area (Å²) in [5.74, 6) is 1.19. The summed E-state index contributed by atoms with van der Waals surface area (Å²) in [5.41, 5.74) is 0.537. The molecule has 0 amide bonds. The molecule has 0 aliphatic heterocycles. The molecule has 3 aromatic rings. The van der Waals surface area contributed by atoms with Gasteiger partial charge in [0.05, 0.1) is 37.4 Å². The third-order valence-corrected chi connectivity index (χ3v) is 3.41. The Hall–Kier alpha value is -3.27. The largest absolute Gasteiger partial charge is 0.488 e. The lowest BCUT2D eigenvalue weighted by Gasteiger charge is -2.13. The van der Waals surface area contributed by atoms with Crippen LogP contribution in [0.1, 0.15) is 5.56 Å². The number of hydrogen-bond acceptors (Lipinski definition) is 5. The van der Waals surface area contributed by atoms with Gasteiger partial charge in [-0.25, -0.2) is 9.97 Å². The van der Waals surface area contributed by atoms with Crippen LogP contribution in [0, 0.1) is 11.3 Å². The van der Waals surface area contributed by atoms with Crippen LogP contribution in [-0.4, -0.2) is 32.3 Å². The summed E-state index contributed by atoms with van der Waals surface area (Å²) in [6.07, 6.45) is 10.7. The van der Waals surface area contributed by atoms with Gasteiger partial charge in [-0.2, -0.15) is 5.26 Å². The molecule has 122 valence electrons. The summed E-state index contributed by atoms with van der Waals surface area (Å²) >= 11 is 0. The highest BCUT2D eigenvalue weighted by Crippen LogP contribution is 2.28. The number of rotatable bonds is 8. The van der Waals surface area contributed by atoms with E-state index in [0.717, 1.165) is 0 Å². The van der Waals surface area contributed by atoms with E-state index in [4.69, 9.17) is 14.7 Å². The molecular weight excluding hydrogens is 306 g/mol. The van der Waals surface area contributed by atoms with Crippen LogP contribution in [0.5, 0.6) is 11.5 Å². The molecule has 7 nitrogen and oxygen atoms in total. The summed E-state index contributed by atoms with van der Waals surface area (Å²) in [6, 6.07) is 7.29. The summed E-state index contributed by atoms with van der Waals surface area (Å²) in [5, 5.41) is 9.06. The van der Waals surface area contributed by atoms with Gasteiger partial charge in [0.15, 0.2) is 11.5 Å². The van der Waals surface area contributed by atoms with E-state index in [1.54, 1.807) is 43.2 Å². The first kappa shape index (κ1) is 15.6. The van der Waals surface area contributed by atoms with Gasteiger partial charge in [0.1, 0.15) is 13.2 Å². The minimum absolute atomic E-state index is 0.461. The van der Waals surface area contributed by atoms with Crippen LogP contribution in [0.25, 0.3) is 0 Å². The number of nitrogens with zero attached hydrogens (tertiary/aromatic N) is 5. The van der Waals surface area contributed by atoms with Gasteiger partial charge in [-0.15, -0.1) is 0 Å². The number of ether oxygens (including phenoxy) is 2. The molecule has 2 heterocycles. The lowest BCUT2D eigenvalue weighted by Crippen LogP contribution is -2.10. The first-order valence-corrected chi connectivity index (χ1v) is 7.56. The highest BCUT2D eigenvalue weighted by atomic mass is 16.5. The summed E-state index contributed by atoms with van der Waals surface area (Å²) in [7, 11) is 0. The maximum atomic E-state index is 9.06. The predicted octanol–water partition coefficient (Wildman–Crippen LogP) is 2.11. The van der Waals surface area contributed by atoms with Gasteiger partial charge in [-0.05, 0) is 12.1 Å². The molecule has 0 radical (unpaired) electrons. The molecule has 1 aromatic carbocycles. The van der Waals surface area contributed by atoms with E-state index < -0.39 is 0 Å². The smallest absolute Gasteiger partial charge is 0.162 e. The molecule has 0 saturated heterocycles. The first-order valence-electron chi connectivity index (χ1n) is 7.56. The Bertz CT molecular complexity index is 791.